The van der Waals surface area contributed by atoms with Gasteiger partial charge in [0, 0.05) is 28.7 Å². The van der Waals surface area contributed by atoms with E-state index in [1.807, 2.05) is 36.0 Å². The zero-order valence-electron chi connectivity index (χ0n) is 9.72. The third-order valence-electron chi connectivity index (χ3n) is 2.84. The first-order chi connectivity index (χ1) is 8.70. The van der Waals surface area contributed by atoms with Gasteiger partial charge in [-0.3, -0.25) is 0 Å². The average molecular weight is 307 g/mol. The first kappa shape index (κ1) is 11.4. The second kappa shape index (κ2) is 4.22. The molecule has 0 saturated heterocycles. The SMILES string of the molecule is Cn1cc(Br)c2cccc(-c3noc(CN)n3)c21. The highest BCUT2D eigenvalue weighted by Crippen LogP contribution is 2.32. The van der Waals surface area contributed by atoms with E-state index in [4.69, 9.17) is 10.3 Å². The molecule has 0 atom stereocenters. The van der Waals surface area contributed by atoms with Gasteiger partial charge in [-0.05, 0) is 22.0 Å². The number of hydrogen-bond acceptors (Lipinski definition) is 4. The molecule has 3 aromatic rings. The topological polar surface area (TPSA) is 69.9 Å². The van der Waals surface area contributed by atoms with Gasteiger partial charge in [-0.25, -0.2) is 0 Å². The lowest BCUT2D eigenvalue weighted by molar-refractivity contribution is 0.380. The van der Waals surface area contributed by atoms with Crippen LogP contribution >= 0.6 is 15.9 Å². The Morgan fingerprint density at radius 1 is 1.44 bits per heavy atom. The molecule has 0 saturated carbocycles. The first-order valence-electron chi connectivity index (χ1n) is 5.47. The minimum Gasteiger partial charge on any atom is -0.349 e. The standard InChI is InChI=1S/C12H11BrN4O/c1-17-6-9(13)7-3-2-4-8(11(7)17)12-15-10(5-14)18-16-12/h2-4,6H,5,14H2,1H3. The molecule has 0 aliphatic carbocycles. The Hall–Kier alpha value is -1.66. The van der Waals surface area contributed by atoms with E-state index in [-0.39, 0.29) is 6.54 Å². The molecule has 0 aliphatic rings. The molecule has 2 heterocycles. The second-order valence-electron chi connectivity index (χ2n) is 4.01. The van der Waals surface area contributed by atoms with E-state index < -0.39 is 0 Å². The van der Waals surface area contributed by atoms with Gasteiger partial charge in [0.1, 0.15) is 0 Å². The van der Waals surface area contributed by atoms with Crippen LogP contribution in [0, 0.1) is 0 Å². The molecule has 3 rings (SSSR count). The maximum Gasteiger partial charge on any atom is 0.240 e. The largest absolute Gasteiger partial charge is 0.349 e. The number of hydrogen-bond donors (Lipinski definition) is 1. The van der Waals surface area contributed by atoms with Gasteiger partial charge in [0.05, 0.1) is 12.1 Å². The third-order valence-corrected chi connectivity index (χ3v) is 3.47. The maximum atomic E-state index is 5.48. The predicted octanol–water partition coefficient (Wildman–Crippen LogP) is 2.45. The number of benzene rings is 1. The van der Waals surface area contributed by atoms with Crippen molar-refractivity contribution >= 4 is 26.8 Å². The van der Waals surface area contributed by atoms with E-state index in [0.717, 1.165) is 20.9 Å². The fourth-order valence-electron chi connectivity index (χ4n) is 2.05. The summed E-state index contributed by atoms with van der Waals surface area (Å²) in [7, 11) is 1.99. The number of aryl methyl sites for hydroxylation is 1. The van der Waals surface area contributed by atoms with Crippen LogP contribution in [0.4, 0.5) is 0 Å². The Balaban J connectivity index is 2.28. The van der Waals surface area contributed by atoms with E-state index in [2.05, 4.69) is 26.1 Å². The van der Waals surface area contributed by atoms with Crippen LogP contribution in [0.3, 0.4) is 0 Å². The lowest BCUT2D eigenvalue weighted by Gasteiger charge is -2.01. The number of halogens is 1. The highest BCUT2D eigenvalue weighted by Gasteiger charge is 2.14. The molecular formula is C12H11BrN4O. The van der Waals surface area contributed by atoms with Crippen LogP contribution in [-0.4, -0.2) is 14.7 Å². The van der Waals surface area contributed by atoms with Crippen LogP contribution in [0.15, 0.2) is 33.4 Å². The molecule has 0 bridgehead atoms. The van der Waals surface area contributed by atoms with E-state index >= 15 is 0 Å². The van der Waals surface area contributed by atoms with Gasteiger partial charge in [-0.1, -0.05) is 17.3 Å². The first-order valence-corrected chi connectivity index (χ1v) is 6.26. The van der Waals surface area contributed by atoms with Gasteiger partial charge in [-0.15, -0.1) is 0 Å². The summed E-state index contributed by atoms with van der Waals surface area (Å²) in [5.41, 5.74) is 7.48. The fraction of sp³-hybridized carbons (Fsp3) is 0.167. The quantitative estimate of drug-likeness (QED) is 0.789. The molecule has 0 fully saturated rings. The van der Waals surface area contributed by atoms with Gasteiger partial charge < -0.3 is 14.8 Å². The summed E-state index contributed by atoms with van der Waals surface area (Å²) in [6.45, 7) is 0.250. The van der Waals surface area contributed by atoms with Crippen LogP contribution in [0.25, 0.3) is 22.3 Å². The molecule has 0 radical (unpaired) electrons. The maximum absolute atomic E-state index is 5.48. The zero-order chi connectivity index (χ0) is 12.7. The van der Waals surface area contributed by atoms with Crippen molar-refractivity contribution in [3.8, 4) is 11.4 Å². The Morgan fingerprint density at radius 2 is 2.28 bits per heavy atom. The molecule has 0 amide bonds. The van der Waals surface area contributed by atoms with Crippen molar-refractivity contribution in [2.24, 2.45) is 12.8 Å². The summed E-state index contributed by atoms with van der Waals surface area (Å²) < 4.78 is 8.14. The molecule has 18 heavy (non-hydrogen) atoms. The normalized spacial score (nSPS) is 11.3. The van der Waals surface area contributed by atoms with Gasteiger partial charge in [-0.2, -0.15) is 4.98 Å². The second-order valence-corrected chi connectivity index (χ2v) is 4.86. The van der Waals surface area contributed by atoms with Crippen LogP contribution in [0.5, 0.6) is 0 Å². The smallest absolute Gasteiger partial charge is 0.240 e. The van der Waals surface area contributed by atoms with E-state index in [1.165, 1.54) is 0 Å². The summed E-state index contributed by atoms with van der Waals surface area (Å²) in [5.74, 6) is 1.00. The van der Waals surface area contributed by atoms with Crippen molar-refractivity contribution in [1.29, 1.82) is 0 Å². The molecule has 0 spiro atoms. The molecule has 6 heteroatoms. The van der Waals surface area contributed by atoms with Gasteiger partial charge in [0.25, 0.3) is 0 Å². The molecule has 0 aliphatic heterocycles. The van der Waals surface area contributed by atoms with E-state index in [9.17, 15) is 0 Å². The summed E-state index contributed by atoms with van der Waals surface area (Å²) in [6, 6.07) is 5.99. The number of para-hydroxylation sites is 1. The lowest BCUT2D eigenvalue weighted by Crippen LogP contribution is -1.96. The Morgan fingerprint density at radius 3 is 3.00 bits per heavy atom. The van der Waals surface area contributed by atoms with Crippen LogP contribution in [-0.2, 0) is 13.6 Å². The van der Waals surface area contributed by atoms with Crippen molar-refractivity contribution in [2.45, 2.75) is 6.54 Å². The van der Waals surface area contributed by atoms with Crippen LogP contribution in [0.1, 0.15) is 5.89 Å². The monoisotopic (exact) mass is 306 g/mol. The van der Waals surface area contributed by atoms with E-state index in [1.54, 1.807) is 0 Å². The summed E-state index contributed by atoms with van der Waals surface area (Å²) in [4.78, 5) is 4.27. The molecule has 5 nitrogen and oxygen atoms in total. The molecule has 92 valence electrons. The molecule has 0 unspecified atom stereocenters. The number of nitrogens with zero attached hydrogens (tertiary/aromatic N) is 3. The Labute approximate surface area is 112 Å². The fourth-order valence-corrected chi connectivity index (χ4v) is 2.68. The summed E-state index contributed by atoms with van der Waals surface area (Å²) in [6.07, 6.45) is 2.01. The number of fused-ring (bicyclic) bond motifs is 1. The number of nitrogens with two attached hydrogens (primary N) is 1. The zero-order valence-corrected chi connectivity index (χ0v) is 11.3. The molecule has 1 aromatic carbocycles. The summed E-state index contributed by atoms with van der Waals surface area (Å²) in [5, 5.41) is 5.08. The molecule has 2 aromatic heterocycles. The molecule has 2 N–H and O–H groups in total. The highest BCUT2D eigenvalue weighted by molar-refractivity contribution is 9.10. The van der Waals surface area contributed by atoms with Crippen molar-refractivity contribution in [3.63, 3.8) is 0 Å². The lowest BCUT2D eigenvalue weighted by atomic mass is 10.1. The van der Waals surface area contributed by atoms with Crippen molar-refractivity contribution in [2.75, 3.05) is 0 Å². The number of rotatable bonds is 2. The van der Waals surface area contributed by atoms with Crippen molar-refractivity contribution in [1.82, 2.24) is 14.7 Å². The van der Waals surface area contributed by atoms with Gasteiger partial charge in [0.15, 0.2) is 0 Å². The summed E-state index contributed by atoms with van der Waals surface area (Å²) >= 11 is 3.54. The van der Waals surface area contributed by atoms with E-state index in [0.29, 0.717) is 11.7 Å². The minimum atomic E-state index is 0.250. The minimum absolute atomic E-state index is 0.250. The molecular weight excluding hydrogens is 296 g/mol. The average Bonchev–Trinajstić information content (AvgIpc) is 2.95. The Kier molecular flexibility index (Phi) is 2.68. The number of aromatic nitrogens is 3. The Bertz CT molecular complexity index is 716. The van der Waals surface area contributed by atoms with Gasteiger partial charge >= 0.3 is 0 Å². The van der Waals surface area contributed by atoms with Crippen molar-refractivity contribution in [3.05, 3.63) is 34.8 Å². The van der Waals surface area contributed by atoms with Gasteiger partial charge in [0.2, 0.25) is 11.7 Å². The van der Waals surface area contributed by atoms with Crippen molar-refractivity contribution < 1.29 is 4.52 Å². The van der Waals surface area contributed by atoms with Crippen LogP contribution in [0.2, 0.25) is 0 Å². The van der Waals surface area contributed by atoms with Crippen LogP contribution < -0.4 is 5.73 Å². The highest BCUT2D eigenvalue weighted by atomic mass is 79.9. The predicted molar refractivity (Wildman–Crippen MR) is 71.8 cm³/mol. The third kappa shape index (κ3) is 1.65.